The van der Waals surface area contributed by atoms with Gasteiger partial charge in [-0.05, 0) is 81.8 Å². The Bertz CT molecular complexity index is 1550. The largest absolute Gasteiger partial charge is 0.444 e. The number of ether oxygens (including phenoxy) is 1. The minimum Gasteiger partial charge on any atom is -0.444 e. The van der Waals surface area contributed by atoms with E-state index in [1.54, 1.807) is 14.4 Å². The Morgan fingerprint density at radius 2 is 1.84 bits per heavy atom. The molecule has 1 aliphatic carbocycles. The number of nitrogens with one attached hydrogen (secondary N) is 2. The van der Waals surface area contributed by atoms with Gasteiger partial charge in [-0.2, -0.15) is 22.7 Å². The molecule has 1 saturated carbocycles. The standard InChI is InChI=1S/C30H38F4N8O2S/c1-29(2,3)44-28(43)41-12-11-19(20(16-41)13-23-38-39-27(45)40(23)4)14-35-25-24(31)26(37-17-36-25)42(22-9-10-22)15-18-5-7-21(8-6-18)30(32,33)34/h5-8,17,19-20,22H,9-16H2,1-4H3,(H,39,45)(H,35,36,37). The van der Waals surface area contributed by atoms with Crippen LogP contribution in [-0.2, 0) is 30.9 Å². The lowest BCUT2D eigenvalue weighted by atomic mass is 9.83. The number of nitrogens with zero attached hydrogens (tertiary/aromatic N) is 6. The quantitative estimate of drug-likeness (QED) is 0.211. The van der Waals surface area contributed by atoms with Crippen molar-refractivity contribution in [2.75, 3.05) is 29.9 Å². The number of carbonyl (C=O) groups excluding carboxylic acids is 1. The number of carbonyl (C=O) groups is 1. The van der Waals surface area contributed by atoms with E-state index in [0.29, 0.717) is 42.8 Å². The van der Waals surface area contributed by atoms with Gasteiger partial charge in [-0.15, -0.1) is 0 Å². The van der Waals surface area contributed by atoms with Gasteiger partial charge in [0.2, 0.25) is 5.82 Å². The molecule has 0 radical (unpaired) electrons. The van der Waals surface area contributed by atoms with Gasteiger partial charge in [0.25, 0.3) is 0 Å². The van der Waals surface area contributed by atoms with Crippen LogP contribution in [0.2, 0.25) is 0 Å². The first-order valence-corrected chi connectivity index (χ1v) is 15.4. The molecule has 3 heterocycles. The maximum Gasteiger partial charge on any atom is 0.416 e. The Balaban J connectivity index is 1.31. The molecule has 1 aliphatic heterocycles. The van der Waals surface area contributed by atoms with Crippen LogP contribution < -0.4 is 10.2 Å². The average molecular weight is 651 g/mol. The lowest BCUT2D eigenvalue weighted by Gasteiger charge is -2.39. The van der Waals surface area contributed by atoms with Crippen molar-refractivity contribution in [3.8, 4) is 0 Å². The highest BCUT2D eigenvalue weighted by Crippen LogP contribution is 2.36. The molecule has 2 fully saturated rings. The molecule has 5 rings (SSSR count). The fraction of sp³-hybridized carbons (Fsp3) is 0.567. The van der Waals surface area contributed by atoms with Crippen LogP contribution in [0.5, 0.6) is 0 Å². The summed E-state index contributed by atoms with van der Waals surface area (Å²) < 4.78 is 63.0. The Kier molecular flexibility index (Phi) is 9.38. The van der Waals surface area contributed by atoms with Crippen LogP contribution in [0.3, 0.4) is 0 Å². The molecule has 15 heteroatoms. The van der Waals surface area contributed by atoms with Gasteiger partial charge in [0, 0.05) is 45.7 Å². The molecule has 2 unspecified atom stereocenters. The zero-order valence-electron chi connectivity index (χ0n) is 25.7. The molecule has 2 aliphatic rings. The molecule has 10 nitrogen and oxygen atoms in total. The lowest BCUT2D eigenvalue weighted by molar-refractivity contribution is -0.137. The van der Waals surface area contributed by atoms with E-state index >= 15 is 4.39 Å². The van der Waals surface area contributed by atoms with Crippen LogP contribution in [0.4, 0.5) is 34.0 Å². The predicted octanol–water partition coefficient (Wildman–Crippen LogP) is 6.12. The van der Waals surface area contributed by atoms with Crippen molar-refractivity contribution in [3.05, 3.63) is 58.1 Å². The molecular formula is C30H38F4N8O2S. The van der Waals surface area contributed by atoms with Crippen molar-refractivity contribution < 1.29 is 27.1 Å². The van der Waals surface area contributed by atoms with Crippen LogP contribution in [0.1, 0.15) is 57.0 Å². The van der Waals surface area contributed by atoms with E-state index in [9.17, 15) is 18.0 Å². The third-order valence-corrected chi connectivity index (χ3v) is 8.52. The van der Waals surface area contributed by atoms with Gasteiger partial charge in [0.1, 0.15) is 17.8 Å². The smallest absolute Gasteiger partial charge is 0.416 e. The fourth-order valence-corrected chi connectivity index (χ4v) is 5.69. The molecule has 0 spiro atoms. The van der Waals surface area contributed by atoms with E-state index in [2.05, 4.69) is 25.5 Å². The summed E-state index contributed by atoms with van der Waals surface area (Å²) in [6.07, 6.45) is -0.663. The Morgan fingerprint density at radius 3 is 2.44 bits per heavy atom. The highest BCUT2D eigenvalue weighted by molar-refractivity contribution is 7.71. The fourth-order valence-electron chi connectivity index (χ4n) is 5.54. The number of piperidine rings is 1. The molecule has 45 heavy (non-hydrogen) atoms. The Morgan fingerprint density at radius 1 is 1.13 bits per heavy atom. The highest BCUT2D eigenvalue weighted by Gasteiger charge is 2.36. The van der Waals surface area contributed by atoms with Gasteiger partial charge < -0.3 is 24.4 Å². The van der Waals surface area contributed by atoms with E-state index in [0.717, 1.165) is 30.8 Å². The Labute approximate surface area is 264 Å². The third-order valence-electron chi connectivity index (χ3n) is 8.16. The number of aromatic nitrogens is 5. The molecule has 1 amide bonds. The molecule has 1 saturated heterocycles. The highest BCUT2D eigenvalue weighted by atomic mass is 32.1. The van der Waals surface area contributed by atoms with E-state index in [1.165, 1.54) is 18.5 Å². The van der Waals surface area contributed by atoms with Gasteiger partial charge in [-0.1, -0.05) is 12.1 Å². The normalized spacial score (nSPS) is 19.0. The van der Waals surface area contributed by atoms with Crippen molar-refractivity contribution in [3.63, 3.8) is 0 Å². The first kappa shape index (κ1) is 32.6. The number of aromatic amines is 1. The van der Waals surface area contributed by atoms with Crippen molar-refractivity contribution in [2.45, 2.75) is 70.8 Å². The minimum absolute atomic E-state index is 0.0327. The van der Waals surface area contributed by atoms with Crippen molar-refractivity contribution in [2.24, 2.45) is 18.9 Å². The van der Waals surface area contributed by atoms with Crippen LogP contribution in [0, 0.1) is 22.4 Å². The van der Waals surface area contributed by atoms with Crippen molar-refractivity contribution in [1.29, 1.82) is 0 Å². The summed E-state index contributed by atoms with van der Waals surface area (Å²) in [6.45, 7) is 6.99. The summed E-state index contributed by atoms with van der Waals surface area (Å²) in [5.74, 6) is 0.291. The number of halogens is 4. The van der Waals surface area contributed by atoms with Gasteiger partial charge in [0.15, 0.2) is 16.4 Å². The number of benzene rings is 1. The van der Waals surface area contributed by atoms with Crippen molar-refractivity contribution >= 4 is 29.9 Å². The first-order valence-electron chi connectivity index (χ1n) is 14.9. The maximum atomic E-state index is 15.9. The maximum absolute atomic E-state index is 15.9. The molecule has 2 aromatic heterocycles. The van der Waals surface area contributed by atoms with E-state index in [-0.39, 0.29) is 42.2 Å². The van der Waals surface area contributed by atoms with Gasteiger partial charge in [-0.25, -0.2) is 14.8 Å². The first-order chi connectivity index (χ1) is 21.2. The molecule has 3 aromatic rings. The summed E-state index contributed by atoms with van der Waals surface area (Å²) in [5.41, 5.74) is -0.736. The van der Waals surface area contributed by atoms with Crippen LogP contribution in [-0.4, -0.2) is 67.0 Å². The third kappa shape index (κ3) is 8.10. The molecule has 1 aromatic carbocycles. The van der Waals surface area contributed by atoms with Gasteiger partial charge in [-0.3, -0.25) is 5.10 Å². The van der Waals surface area contributed by atoms with Crippen LogP contribution >= 0.6 is 12.2 Å². The monoisotopic (exact) mass is 650 g/mol. The number of hydrogen-bond acceptors (Lipinski definition) is 8. The zero-order chi connectivity index (χ0) is 32.5. The topological polar surface area (TPSA) is 104 Å². The molecule has 0 bridgehead atoms. The minimum atomic E-state index is -4.43. The molecule has 2 N–H and O–H groups in total. The molecule has 244 valence electrons. The molecule has 2 atom stereocenters. The summed E-state index contributed by atoms with van der Waals surface area (Å²) in [6, 6.07) is 4.93. The number of anilines is 2. The van der Waals surface area contributed by atoms with E-state index in [4.69, 9.17) is 17.0 Å². The van der Waals surface area contributed by atoms with Gasteiger partial charge >= 0.3 is 12.3 Å². The molecular weight excluding hydrogens is 612 g/mol. The second-order valence-corrected chi connectivity index (χ2v) is 13.1. The summed E-state index contributed by atoms with van der Waals surface area (Å²) in [4.78, 5) is 24.8. The SMILES string of the molecule is Cn1c(CC2CN(C(=O)OC(C)(C)C)CCC2CNc2ncnc(N(Cc3ccc(C(F)(F)F)cc3)C3CC3)c2F)n[nH]c1=S. The van der Waals surface area contributed by atoms with Crippen LogP contribution in [0.15, 0.2) is 30.6 Å². The second kappa shape index (κ2) is 12.9. The summed E-state index contributed by atoms with van der Waals surface area (Å²) in [5, 5.41) is 10.3. The predicted molar refractivity (Wildman–Crippen MR) is 163 cm³/mol. The van der Waals surface area contributed by atoms with E-state index < -0.39 is 23.2 Å². The number of amides is 1. The lowest BCUT2D eigenvalue weighted by Crippen LogP contribution is -2.48. The Hall–Kier alpha value is -3.75. The number of alkyl halides is 3. The summed E-state index contributed by atoms with van der Waals surface area (Å²) in [7, 11) is 1.83. The second-order valence-electron chi connectivity index (χ2n) is 12.7. The number of H-pyrrole nitrogens is 1. The summed E-state index contributed by atoms with van der Waals surface area (Å²) >= 11 is 5.29. The van der Waals surface area contributed by atoms with E-state index in [1.807, 2.05) is 27.8 Å². The van der Waals surface area contributed by atoms with Crippen molar-refractivity contribution in [1.82, 2.24) is 29.6 Å². The zero-order valence-corrected chi connectivity index (χ0v) is 26.5. The van der Waals surface area contributed by atoms with Gasteiger partial charge in [0.05, 0.1) is 5.56 Å². The number of likely N-dealkylation sites (tertiary alicyclic amines) is 1. The van der Waals surface area contributed by atoms with Crippen LogP contribution in [0.25, 0.3) is 0 Å². The average Bonchev–Trinajstić information content (AvgIpc) is 3.77. The number of rotatable bonds is 9. The number of hydrogen-bond donors (Lipinski definition) is 2.